The van der Waals surface area contributed by atoms with Crippen LogP contribution >= 0.6 is 0 Å². The van der Waals surface area contributed by atoms with Gasteiger partial charge in [-0.1, -0.05) is 30.9 Å². The number of carbonyl (C=O) groups is 2. The van der Waals surface area contributed by atoms with Crippen LogP contribution in [-0.2, 0) is 9.53 Å². The fourth-order valence-electron chi connectivity index (χ4n) is 3.68. The smallest absolute Gasteiger partial charge is 0.331 e. The highest BCUT2D eigenvalue weighted by Gasteiger charge is 2.42. The molecule has 1 fully saturated rings. The predicted molar refractivity (Wildman–Crippen MR) is 96.5 cm³/mol. The molecule has 0 unspecified atom stereocenters. The number of hydrogen-bond acceptors (Lipinski definition) is 4. The molecule has 25 heavy (non-hydrogen) atoms. The molecule has 1 aromatic heterocycles. The molecule has 0 radical (unpaired) electrons. The molecule has 0 atom stereocenters. The number of esters is 1. The molecular formula is C20H24N2O3. The lowest BCUT2D eigenvalue weighted by Gasteiger charge is -2.35. The van der Waals surface area contributed by atoms with Crippen molar-refractivity contribution in [2.45, 2.75) is 51.5 Å². The summed E-state index contributed by atoms with van der Waals surface area (Å²) in [4.78, 5) is 30.0. The van der Waals surface area contributed by atoms with Crippen molar-refractivity contribution in [3.05, 3.63) is 41.1 Å². The first-order chi connectivity index (χ1) is 11.9. The number of aryl methyl sites for hydroxylation is 2. The van der Waals surface area contributed by atoms with E-state index in [-0.39, 0.29) is 11.9 Å². The van der Waals surface area contributed by atoms with Gasteiger partial charge in [-0.25, -0.2) is 4.79 Å². The Kier molecular flexibility index (Phi) is 4.75. The second-order valence-electron chi connectivity index (χ2n) is 6.92. The number of nitrogens with zero attached hydrogens (tertiary/aromatic N) is 1. The average Bonchev–Trinajstić information content (AvgIpc) is 2.61. The van der Waals surface area contributed by atoms with Gasteiger partial charge in [0.15, 0.2) is 0 Å². The van der Waals surface area contributed by atoms with Crippen LogP contribution in [0.4, 0.5) is 0 Å². The number of rotatable bonds is 3. The minimum atomic E-state index is -0.919. The number of fused-ring (bicyclic) bond motifs is 1. The molecule has 1 aliphatic carbocycles. The third kappa shape index (κ3) is 3.36. The first-order valence-electron chi connectivity index (χ1n) is 8.74. The zero-order valence-electron chi connectivity index (χ0n) is 15.0. The maximum atomic E-state index is 13.1. The van der Waals surface area contributed by atoms with Crippen LogP contribution in [0.3, 0.4) is 0 Å². The van der Waals surface area contributed by atoms with E-state index in [9.17, 15) is 9.59 Å². The lowest BCUT2D eigenvalue weighted by molar-refractivity contribution is -0.149. The van der Waals surface area contributed by atoms with Crippen LogP contribution in [0, 0.1) is 13.8 Å². The van der Waals surface area contributed by atoms with Gasteiger partial charge in [-0.05, 0) is 44.9 Å². The monoisotopic (exact) mass is 340 g/mol. The summed E-state index contributed by atoms with van der Waals surface area (Å²) < 4.78 is 4.99. The number of pyridine rings is 1. The van der Waals surface area contributed by atoms with Crippen molar-refractivity contribution in [1.29, 1.82) is 0 Å². The molecule has 0 saturated heterocycles. The van der Waals surface area contributed by atoms with Crippen LogP contribution in [0.15, 0.2) is 24.3 Å². The number of ether oxygens (including phenoxy) is 1. The molecule has 1 heterocycles. The summed E-state index contributed by atoms with van der Waals surface area (Å²) in [5, 5.41) is 3.80. The number of carbonyl (C=O) groups excluding carboxylic acids is 2. The lowest BCUT2D eigenvalue weighted by Crippen LogP contribution is -2.56. The van der Waals surface area contributed by atoms with E-state index in [1.807, 2.05) is 32.0 Å². The molecule has 1 amide bonds. The molecule has 1 aromatic carbocycles. The van der Waals surface area contributed by atoms with E-state index in [0.717, 1.165) is 41.4 Å². The van der Waals surface area contributed by atoms with Gasteiger partial charge in [0, 0.05) is 11.1 Å². The Balaban J connectivity index is 2.01. The lowest BCUT2D eigenvalue weighted by atomic mass is 9.81. The van der Waals surface area contributed by atoms with Gasteiger partial charge in [-0.15, -0.1) is 0 Å². The Morgan fingerprint density at radius 1 is 1.12 bits per heavy atom. The van der Waals surface area contributed by atoms with Crippen molar-refractivity contribution < 1.29 is 14.3 Å². The number of amides is 1. The maximum absolute atomic E-state index is 13.1. The predicted octanol–water partition coefficient (Wildman–Crippen LogP) is 3.46. The van der Waals surface area contributed by atoms with Gasteiger partial charge >= 0.3 is 5.97 Å². The van der Waals surface area contributed by atoms with Crippen LogP contribution in [0.5, 0.6) is 0 Å². The summed E-state index contributed by atoms with van der Waals surface area (Å²) in [5.41, 5.74) is 2.26. The maximum Gasteiger partial charge on any atom is 0.331 e. The van der Waals surface area contributed by atoms with Gasteiger partial charge in [0.25, 0.3) is 5.91 Å². The number of hydrogen-bond donors (Lipinski definition) is 1. The van der Waals surface area contributed by atoms with Gasteiger partial charge in [0.05, 0.1) is 18.2 Å². The van der Waals surface area contributed by atoms with Crippen LogP contribution in [0.2, 0.25) is 0 Å². The number of nitrogens with one attached hydrogen (secondary N) is 1. The second-order valence-corrected chi connectivity index (χ2v) is 6.92. The topological polar surface area (TPSA) is 68.3 Å². The van der Waals surface area contributed by atoms with E-state index >= 15 is 0 Å². The molecule has 1 saturated carbocycles. The van der Waals surface area contributed by atoms with Gasteiger partial charge in [0.1, 0.15) is 5.54 Å². The largest absolute Gasteiger partial charge is 0.467 e. The highest BCUT2D eigenvalue weighted by atomic mass is 16.5. The first-order valence-corrected chi connectivity index (χ1v) is 8.74. The van der Waals surface area contributed by atoms with Gasteiger partial charge in [-0.3, -0.25) is 9.78 Å². The minimum Gasteiger partial charge on any atom is -0.467 e. The normalized spacial score (nSPS) is 16.4. The molecule has 0 bridgehead atoms. The highest BCUT2D eigenvalue weighted by Crippen LogP contribution is 2.30. The minimum absolute atomic E-state index is 0.242. The molecule has 3 rings (SSSR count). The van der Waals surface area contributed by atoms with Gasteiger partial charge in [0.2, 0.25) is 0 Å². The summed E-state index contributed by atoms with van der Waals surface area (Å²) in [7, 11) is 1.38. The quantitative estimate of drug-likeness (QED) is 0.869. The van der Waals surface area contributed by atoms with E-state index < -0.39 is 5.54 Å². The van der Waals surface area contributed by atoms with E-state index in [4.69, 9.17) is 4.74 Å². The Hall–Kier alpha value is -2.43. The van der Waals surface area contributed by atoms with Crippen molar-refractivity contribution in [3.8, 4) is 0 Å². The summed E-state index contributed by atoms with van der Waals surface area (Å²) >= 11 is 0. The molecule has 0 spiro atoms. The number of benzene rings is 1. The molecule has 2 aromatic rings. The third-order valence-corrected chi connectivity index (χ3v) is 4.97. The second kappa shape index (κ2) is 6.82. The first kappa shape index (κ1) is 17.4. The van der Waals surface area contributed by atoms with Gasteiger partial charge < -0.3 is 10.1 Å². The van der Waals surface area contributed by atoms with Crippen molar-refractivity contribution >= 4 is 22.8 Å². The molecule has 132 valence electrons. The zero-order chi connectivity index (χ0) is 18.0. The molecule has 1 aliphatic rings. The molecule has 0 aliphatic heterocycles. The van der Waals surface area contributed by atoms with E-state index in [1.54, 1.807) is 6.07 Å². The van der Waals surface area contributed by atoms with E-state index in [2.05, 4.69) is 10.3 Å². The summed E-state index contributed by atoms with van der Waals surface area (Å²) in [6, 6.07) is 7.64. The van der Waals surface area contributed by atoms with Crippen LogP contribution in [-0.4, -0.2) is 29.5 Å². The summed E-state index contributed by atoms with van der Waals surface area (Å²) in [5.74, 6) is -0.597. The van der Waals surface area contributed by atoms with Crippen LogP contribution < -0.4 is 5.32 Å². The van der Waals surface area contributed by atoms with Crippen molar-refractivity contribution in [1.82, 2.24) is 10.3 Å². The van der Waals surface area contributed by atoms with Crippen molar-refractivity contribution in [2.75, 3.05) is 7.11 Å². The fourth-order valence-corrected chi connectivity index (χ4v) is 3.68. The molecular weight excluding hydrogens is 316 g/mol. The third-order valence-electron chi connectivity index (χ3n) is 4.97. The van der Waals surface area contributed by atoms with Gasteiger partial charge in [-0.2, -0.15) is 0 Å². The SMILES string of the molecule is COC(=O)C1(NC(=O)c2cc(C)nc3ccc(C)cc23)CCCCC1. The van der Waals surface area contributed by atoms with Crippen LogP contribution in [0.1, 0.15) is 53.7 Å². The molecule has 1 N–H and O–H groups in total. The average molecular weight is 340 g/mol. The van der Waals surface area contributed by atoms with E-state index in [1.165, 1.54) is 7.11 Å². The molecule has 5 heteroatoms. The Labute approximate surface area is 147 Å². The van der Waals surface area contributed by atoms with Crippen molar-refractivity contribution in [2.24, 2.45) is 0 Å². The fraction of sp³-hybridized carbons (Fsp3) is 0.450. The standard InChI is InChI=1S/C20H24N2O3/c1-13-7-8-17-15(11-13)16(12-14(2)21-17)18(23)22-20(19(24)25-3)9-5-4-6-10-20/h7-8,11-12H,4-6,9-10H2,1-3H3,(H,22,23). The van der Waals surface area contributed by atoms with E-state index in [0.29, 0.717) is 18.4 Å². The molecule has 5 nitrogen and oxygen atoms in total. The Bertz CT molecular complexity index is 823. The number of aromatic nitrogens is 1. The summed E-state index contributed by atoms with van der Waals surface area (Å²) in [6.45, 7) is 3.85. The number of methoxy groups -OCH3 is 1. The van der Waals surface area contributed by atoms with Crippen molar-refractivity contribution in [3.63, 3.8) is 0 Å². The highest BCUT2D eigenvalue weighted by molar-refractivity contribution is 6.08. The van der Waals surface area contributed by atoms with Crippen LogP contribution in [0.25, 0.3) is 10.9 Å². The Morgan fingerprint density at radius 3 is 2.52 bits per heavy atom. The zero-order valence-corrected chi connectivity index (χ0v) is 15.0. The summed E-state index contributed by atoms with van der Waals surface area (Å²) in [6.07, 6.45) is 4.12. The Morgan fingerprint density at radius 2 is 1.84 bits per heavy atom.